The van der Waals surface area contributed by atoms with Crippen LogP contribution in [-0.2, 0) is 0 Å². The first kappa shape index (κ1) is 10.5. The molecule has 0 aliphatic heterocycles. The lowest BCUT2D eigenvalue weighted by Crippen LogP contribution is -2.02. The molecular weight excluding hydrogens is 204 g/mol. The van der Waals surface area contributed by atoms with Crippen LogP contribution in [0.3, 0.4) is 0 Å². The third kappa shape index (κ3) is 1.52. The van der Waals surface area contributed by atoms with Crippen molar-refractivity contribution in [2.75, 3.05) is 0 Å². The van der Waals surface area contributed by atoms with Crippen LogP contribution in [0.1, 0.15) is 27.3 Å². The van der Waals surface area contributed by atoms with Gasteiger partial charge in [-0.3, -0.25) is 0 Å². The molecule has 0 aliphatic carbocycles. The molecule has 1 N–H and O–H groups in total. The fraction of sp³-hybridized carbons (Fsp3) is 0.250. The molecule has 0 saturated heterocycles. The first-order valence-electron chi connectivity index (χ1n) is 4.98. The van der Waals surface area contributed by atoms with Gasteiger partial charge < -0.3 is 5.11 Å². The third-order valence-corrected chi connectivity index (χ3v) is 2.88. The Bertz CT molecular complexity index is 591. The van der Waals surface area contributed by atoms with E-state index < -0.39 is 5.97 Å². The molecule has 2 heterocycles. The molecule has 0 unspecified atom stereocenters. The van der Waals surface area contributed by atoms with Gasteiger partial charge in [-0.25, -0.2) is 14.8 Å². The van der Waals surface area contributed by atoms with E-state index in [1.165, 1.54) is 6.07 Å². The quantitative estimate of drug-likeness (QED) is 0.794. The van der Waals surface area contributed by atoms with Crippen molar-refractivity contribution in [3.8, 4) is 0 Å². The van der Waals surface area contributed by atoms with Crippen molar-refractivity contribution < 1.29 is 9.90 Å². The van der Waals surface area contributed by atoms with Crippen LogP contribution in [0.2, 0.25) is 0 Å². The summed E-state index contributed by atoms with van der Waals surface area (Å²) in [4.78, 5) is 19.1. The predicted octanol–water partition coefficient (Wildman–Crippen LogP) is 2.25. The Hall–Kier alpha value is -1.97. The Balaban J connectivity index is 2.81. The number of aryl methyl sites for hydroxylation is 2. The van der Waals surface area contributed by atoms with Crippen LogP contribution < -0.4 is 0 Å². The Morgan fingerprint density at radius 1 is 1.12 bits per heavy atom. The standard InChI is InChI=1S/C12H12N2O2/c1-6-7(2)9-4-5-10(12(15)16)14-11(9)13-8(6)3/h4-5H,1-3H3,(H,15,16). The number of rotatable bonds is 1. The molecule has 0 bridgehead atoms. The number of nitrogens with zero attached hydrogens (tertiary/aromatic N) is 2. The molecule has 0 fully saturated rings. The molecule has 82 valence electrons. The molecule has 0 aromatic carbocycles. The summed E-state index contributed by atoms with van der Waals surface area (Å²) in [6.07, 6.45) is 0. The normalized spacial score (nSPS) is 10.7. The number of aromatic carboxylic acids is 1. The Kier molecular flexibility index (Phi) is 2.34. The SMILES string of the molecule is Cc1nc2nc(C(=O)O)ccc2c(C)c1C. The number of fused-ring (bicyclic) bond motifs is 1. The number of carboxylic acids is 1. The highest BCUT2D eigenvalue weighted by atomic mass is 16.4. The van der Waals surface area contributed by atoms with Crippen molar-refractivity contribution >= 4 is 17.0 Å². The fourth-order valence-electron chi connectivity index (χ4n) is 1.66. The maximum absolute atomic E-state index is 10.8. The minimum absolute atomic E-state index is 0.0302. The molecule has 0 amide bonds. The van der Waals surface area contributed by atoms with Gasteiger partial charge in [0.15, 0.2) is 11.3 Å². The minimum atomic E-state index is -1.03. The Labute approximate surface area is 93.0 Å². The van der Waals surface area contributed by atoms with Gasteiger partial charge in [-0.2, -0.15) is 0 Å². The second kappa shape index (κ2) is 3.56. The molecule has 2 rings (SSSR count). The second-order valence-electron chi connectivity index (χ2n) is 3.82. The number of hydrogen-bond donors (Lipinski definition) is 1. The zero-order valence-electron chi connectivity index (χ0n) is 9.40. The zero-order chi connectivity index (χ0) is 11.9. The van der Waals surface area contributed by atoms with Crippen molar-refractivity contribution in [2.45, 2.75) is 20.8 Å². The highest BCUT2D eigenvalue weighted by Gasteiger charge is 2.10. The van der Waals surface area contributed by atoms with Gasteiger partial charge in [-0.1, -0.05) is 0 Å². The van der Waals surface area contributed by atoms with E-state index in [-0.39, 0.29) is 5.69 Å². The fourth-order valence-corrected chi connectivity index (χ4v) is 1.66. The highest BCUT2D eigenvalue weighted by Crippen LogP contribution is 2.20. The van der Waals surface area contributed by atoms with Gasteiger partial charge in [0, 0.05) is 11.1 Å². The molecule has 0 atom stereocenters. The predicted molar refractivity (Wildman–Crippen MR) is 60.7 cm³/mol. The van der Waals surface area contributed by atoms with E-state index in [4.69, 9.17) is 5.11 Å². The summed E-state index contributed by atoms with van der Waals surface area (Å²) in [5.41, 5.74) is 3.65. The first-order valence-corrected chi connectivity index (χ1v) is 4.98. The van der Waals surface area contributed by atoms with Crippen molar-refractivity contribution in [2.24, 2.45) is 0 Å². The average Bonchev–Trinajstić information content (AvgIpc) is 2.25. The van der Waals surface area contributed by atoms with E-state index in [2.05, 4.69) is 9.97 Å². The Morgan fingerprint density at radius 2 is 1.81 bits per heavy atom. The van der Waals surface area contributed by atoms with Crippen LogP contribution >= 0.6 is 0 Å². The smallest absolute Gasteiger partial charge is 0.354 e. The maximum atomic E-state index is 10.8. The topological polar surface area (TPSA) is 63.1 Å². The zero-order valence-corrected chi connectivity index (χ0v) is 9.40. The molecule has 0 radical (unpaired) electrons. The lowest BCUT2D eigenvalue weighted by atomic mass is 10.1. The van der Waals surface area contributed by atoms with Crippen LogP contribution in [0.5, 0.6) is 0 Å². The van der Waals surface area contributed by atoms with Gasteiger partial charge in [-0.05, 0) is 44.0 Å². The average molecular weight is 216 g/mol. The van der Waals surface area contributed by atoms with E-state index in [0.717, 1.165) is 22.2 Å². The van der Waals surface area contributed by atoms with E-state index >= 15 is 0 Å². The van der Waals surface area contributed by atoms with Gasteiger partial charge in [0.05, 0.1) is 0 Å². The highest BCUT2D eigenvalue weighted by molar-refractivity contribution is 5.89. The van der Waals surface area contributed by atoms with E-state index in [1.807, 2.05) is 20.8 Å². The summed E-state index contributed by atoms with van der Waals surface area (Å²) in [7, 11) is 0. The molecule has 2 aromatic rings. The maximum Gasteiger partial charge on any atom is 0.354 e. The van der Waals surface area contributed by atoms with Gasteiger partial charge in [0.25, 0.3) is 0 Å². The molecule has 2 aromatic heterocycles. The summed E-state index contributed by atoms with van der Waals surface area (Å²) < 4.78 is 0. The third-order valence-electron chi connectivity index (χ3n) is 2.88. The van der Waals surface area contributed by atoms with Crippen LogP contribution in [0.4, 0.5) is 0 Å². The van der Waals surface area contributed by atoms with Crippen LogP contribution in [0, 0.1) is 20.8 Å². The molecule has 0 aliphatic rings. The van der Waals surface area contributed by atoms with Crippen molar-refractivity contribution in [1.82, 2.24) is 9.97 Å². The summed E-state index contributed by atoms with van der Waals surface area (Å²) in [5.74, 6) is -1.03. The summed E-state index contributed by atoms with van der Waals surface area (Å²) in [5, 5.41) is 9.76. The van der Waals surface area contributed by atoms with Gasteiger partial charge in [0.1, 0.15) is 0 Å². The lowest BCUT2D eigenvalue weighted by Gasteiger charge is -2.08. The van der Waals surface area contributed by atoms with E-state index in [1.54, 1.807) is 6.07 Å². The van der Waals surface area contributed by atoms with Crippen LogP contribution in [-0.4, -0.2) is 21.0 Å². The van der Waals surface area contributed by atoms with Crippen LogP contribution in [0.25, 0.3) is 11.0 Å². The van der Waals surface area contributed by atoms with E-state index in [0.29, 0.717) is 5.65 Å². The number of carboxylic acid groups (broad SMARTS) is 1. The molecule has 0 saturated carbocycles. The number of aromatic nitrogens is 2. The van der Waals surface area contributed by atoms with Crippen molar-refractivity contribution in [3.05, 3.63) is 34.6 Å². The van der Waals surface area contributed by atoms with E-state index in [9.17, 15) is 4.79 Å². The van der Waals surface area contributed by atoms with Crippen molar-refractivity contribution in [3.63, 3.8) is 0 Å². The number of hydrogen-bond acceptors (Lipinski definition) is 3. The summed E-state index contributed by atoms with van der Waals surface area (Å²) in [6.45, 7) is 5.90. The largest absolute Gasteiger partial charge is 0.477 e. The molecule has 4 heteroatoms. The monoisotopic (exact) mass is 216 g/mol. The van der Waals surface area contributed by atoms with Gasteiger partial charge in [0.2, 0.25) is 0 Å². The Morgan fingerprint density at radius 3 is 2.44 bits per heavy atom. The summed E-state index contributed by atoms with van der Waals surface area (Å²) in [6, 6.07) is 3.27. The summed E-state index contributed by atoms with van der Waals surface area (Å²) >= 11 is 0. The van der Waals surface area contributed by atoms with Gasteiger partial charge >= 0.3 is 5.97 Å². The van der Waals surface area contributed by atoms with Gasteiger partial charge in [-0.15, -0.1) is 0 Å². The van der Waals surface area contributed by atoms with Crippen LogP contribution in [0.15, 0.2) is 12.1 Å². The molecule has 4 nitrogen and oxygen atoms in total. The minimum Gasteiger partial charge on any atom is -0.477 e. The lowest BCUT2D eigenvalue weighted by molar-refractivity contribution is 0.0691. The number of carbonyl (C=O) groups is 1. The first-order chi connectivity index (χ1) is 7.50. The second-order valence-corrected chi connectivity index (χ2v) is 3.82. The van der Waals surface area contributed by atoms with Crippen molar-refractivity contribution in [1.29, 1.82) is 0 Å². The molecule has 0 spiro atoms. The number of pyridine rings is 2. The molecule has 16 heavy (non-hydrogen) atoms. The molecular formula is C12H12N2O2.